The van der Waals surface area contributed by atoms with Gasteiger partial charge in [-0.15, -0.1) is 0 Å². The average molecular weight is 603 g/mol. The number of benzene rings is 4. The summed E-state index contributed by atoms with van der Waals surface area (Å²) in [6, 6.07) is 36.1. The van der Waals surface area contributed by atoms with Crippen LogP contribution in [-0.2, 0) is 14.3 Å². The molecule has 1 saturated heterocycles. The Morgan fingerprint density at radius 2 is 1.51 bits per heavy atom. The molecule has 4 aromatic rings. The molecule has 6 rings (SSSR count). The minimum Gasteiger partial charge on any atom is -0.494 e. The molecule has 0 aromatic heterocycles. The molecule has 2 aliphatic rings. The molecular formula is C38H38N2O5. The van der Waals surface area contributed by atoms with Crippen LogP contribution < -0.4 is 4.74 Å². The fourth-order valence-electron chi connectivity index (χ4n) is 5.76. The third-order valence-electron chi connectivity index (χ3n) is 8.16. The van der Waals surface area contributed by atoms with E-state index in [9.17, 15) is 4.79 Å². The van der Waals surface area contributed by atoms with Crippen LogP contribution in [0.3, 0.4) is 0 Å². The Balaban J connectivity index is 1.39. The van der Waals surface area contributed by atoms with Gasteiger partial charge in [0.1, 0.15) is 5.75 Å². The van der Waals surface area contributed by atoms with E-state index in [0.29, 0.717) is 57.4 Å². The zero-order valence-electron chi connectivity index (χ0n) is 25.3. The monoisotopic (exact) mass is 602 g/mol. The van der Waals surface area contributed by atoms with Gasteiger partial charge < -0.3 is 24.2 Å². The molecule has 1 amide bonds. The Kier molecular flexibility index (Phi) is 9.68. The Morgan fingerprint density at radius 3 is 2.20 bits per heavy atom. The van der Waals surface area contributed by atoms with Crippen molar-refractivity contribution in [3.63, 3.8) is 0 Å². The van der Waals surface area contributed by atoms with E-state index in [1.165, 1.54) is 0 Å². The summed E-state index contributed by atoms with van der Waals surface area (Å²) < 4.78 is 18.0. The third-order valence-corrected chi connectivity index (χ3v) is 8.16. The first-order valence-electron chi connectivity index (χ1n) is 15.5. The number of amides is 1. The van der Waals surface area contributed by atoms with Gasteiger partial charge in [-0.25, -0.2) is 4.99 Å². The number of hydrogen-bond donors (Lipinski definition) is 1. The summed E-state index contributed by atoms with van der Waals surface area (Å²) in [5, 5.41) is 9.08. The summed E-state index contributed by atoms with van der Waals surface area (Å²) >= 11 is 0. The van der Waals surface area contributed by atoms with Gasteiger partial charge in [-0.05, 0) is 46.5 Å². The van der Waals surface area contributed by atoms with E-state index in [1.54, 1.807) is 0 Å². The first-order chi connectivity index (χ1) is 22.2. The van der Waals surface area contributed by atoms with Gasteiger partial charge in [0.2, 0.25) is 5.90 Å². The number of carbonyl (C=O) groups is 1. The van der Waals surface area contributed by atoms with Crippen LogP contribution in [0, 0.1) is 0 Å². The summed E-state index contributed by atoms with van der Waals surface area (Å²) in [5.41, 5.74) is 3.68. The third kappa shape index (κ3) is 7.00. The highest BCUT2D eigenvalue weighted by Gasteiger charge is 2.54. The molecule has 0 bridgehead atoms. The highest BCUT2D eigenvalue weighted by atomic mass is 16.5. The van der Waals surface area contributed by atoms with Crippen molar-refractivity contribution < 1.29 is 24.1 Å². The lowest BCUT2D eigenvalue weighted by Crippen LogP contribution is -2.53. The number of carbonyl (C=O) groups excluding carboxylic acids is 1. The lowest BCUT2D eigenvalue weighted by atomic mass is 9.83. The minimum atomic E-state index is -1.22. The van der Waals surface area contributed by atoms with E-state index < -0.39 is 11.6 Å². The Hall–Kier alpha value is -4.72. The smallest absolute Gasteiger partial charge is 0.255 e. The van der Waals surface area contributed by atoms with Crippen molar-refractivity contribution >= 4 is 17.9 Å². The molecule has 230 valence electrons. The number of aliphatic hydroxyl groups excluding tert-OH is 1. The van der Waals surface area contributed by atoms with Gasteiger partial charge in [-0.3, -0.25) is 4.79 Å². The Labute approximate surface area is 264 Å². The molecule has 45 heavy (non-hydrogen) atoms. The van der Waals surface area contributed by atoms with Gasteiger partial charge in [0, 0.05) is 38.1 Å². The zero-order valence-corrected chi connectivity index (χ0v) is 25.3. The molecule has 1 N–H and O–H groups in total. The van der Waals surface area contributed by atoms with Crippen LogP contribution >= 0.6 is 0 Å². The molecular weight excluding hydrogens is 564 g/mol. The van der Waals surface area contributed by atoms with Crippen LogP contribution in [0.25, 0.3) is 17.2 Å². The maximum atomic E-state index is 14.6. The van der Waals surface area contributed by atoms with Gasteiger partial charge in [0.05, 0.1) is 19.8 Å². The summed E-state index contributed by atoms with van der Waals surface area (Å²) in [7, 11) is 0. The van der Waals surface area contributed by atoms with E-state index in [-0.39, 0.29) is 12.5 Å². The van der Waals surface area contributed by atoms with E-state index in [4.69, 9.17) is 24.3 Å². The summed E-state index contributed by atoms with van der Waals surface area (Å²) in [6.07, 6.45) is 4.34. The molecule has 4 aromatic carbocycles. The van der Waals surface area contributed by atoms with Crippen molar-refractivity contribution in [1.82, 2.24) is 4.90 Å². The predicted molar refractivity (Wildman–Crippen MR) is 176 cm³/mol. The first-order valence-corrected chi connectivity index (χ1v) is 15.5. The fraction of sp³-hybridized carbons (Fsp3) is 0.263. The molecule has 2 aliphatic heterocycles. The molecule has 0 saturated carbocycles. The van der Waals surface area contributed by atoms with Crippen LogP contribution in [-0.4, -0.2) is 66.9 Å². The lowest BCUT2D eigenvalue weighted by molar-refractivity contribution is -0.143. The van der Waals surface area contributed by atoms with Gasteiger partial charge in [0.25, 0.3) is 5.91 Å². The van der Waals surface area contributed by atoms with Crippen molar-refractivity contribution in [2.75, 3.05) is 39.5 Å². The maximum absolute atomic E-state index is 14.6. The molecule has 0 spiro atoms. The van der Waals surface area contributed by atoms with Crippen LogP contribution in [0.15, 0.2) is 120 Å². The molecule has 2 heterocycles. The zero-order chi connectivity index (χ0) is 30.9. The fourth-order valence-corrected chi connectivity index (χ4v) is 5.76. The standard InChI is InChI=1S/C38H38N2O5/c41-25-8-26-44-34-20-18-33(19-21-34)36-39-38(37(42)40-23-27-43-28-24-40,22-7-11-29-9-3-1-4-10-29)35(45-36)32-16-14-31(15-17-32)30-12-5-2-6-13-30/h1-7,9-21,35,41H,8,22-28H2/b11-7+/t35-,38-/m1/s1. The van der Waals surface area contributed by atoms with Crippen LogP contribution in [0.4, 0.5) is 0 Å². The molecule has 0 radical (unpaired) electrons. The van der Waals surface area contributed by atoms with Crippen molar-refractivity contribution in [1.29, 1.82) is 0 Å². The highest BCUT2D eigenvalue weighted by molar-refractivity contribution is 6.01. The molecule has 1 fully saturated rings. The van der Waals surface area contributed by atoms with E-state index >= 15 is 0 Å². The van der Waals surface area contributed by atoms with Crippen molar-refractivity contribution in [3.05, 3.63) is 132 Å². The SMILES string of the molecule is O=C(N1CCOCC1)[C@]1(C/C=C/c2ccccc2)N=C(c2ccc(OCCCO)cc2)O[C@@H]1c1ccc(-c2ccccc2)cc1. The highest BCUT2D eigenvalue weighted by Crippen LogP contribution is 2.44. The number of morpholine rings is 1. The predicted octanol–water partition coefficient (Wildman–Crippen LogP) is 6.33. The van der Waals surface area contributed by atoms with Gasteiger partial charge >= 0.3 is 0 Å². The van der Waals surface area contributed by atoms with Crippen LogP contribution in [0.1, 0.15) is 35.6 Å². The quantitative estimate of drug-likeness (QED) is 0.203. The number of hydrogen-bond acceptors (Lipinski definition) is 6. The number of nitrogens with zero attached hydrogens (tertiary/aromatic N) is 2. The normalized spacial score (nSPS) is 19.7. The minimum absolute atomic E-state index is 0.0698. The molecule has 0 aliphatic carbocycles. The summed E-state index contributed by atoms with van der Waals surface area (Å²) in [6.45, 7) is 2.51. The van der Waals surface area contributed by atoms with Crippen LogP contribution in [0.2, 0.25) is 0 Å². The second-order valence-corrected chi connectivity index (χ2v) is 11.2. The Morgan fingerprint density at radius 1 is 0.867 bits per heavy atom. The second kappa shape index (κ2) is 14.4. The van der Waals surface area contributed by atoms with Crippen molar-refractivity contribution in [3.8, 4) is 16.9 Å². The lowest BCUT2D eigenvalue weighted by Gasteiger charge is -2.36. The Bertz CT molecular complexity index is 1600. The van der Waals surface area contributed by atoms with E-state index in [1.807, 2.05) is 102 Å². The summed E-state index contributed by atoms with van der Waals surface area (Å²) in [4.78, 5) is 21.7. The van der Waals surface area contributed by atoms with Gasteiger partial charge in [0.15, 0.2) is 11.6 Å². The number of rotatable bonds is 11. The van der Waals surface area contributed by atoms with Crippen LogP contribution in [0.5, 0.6) is 5.75 Å². The topological polar surface area (TPSA) is 80.6 Å². The number of ether oxygens (including phenoxy) is 3. The van der Waals surface area contributed by atoms with E-state index in [2.05, 4.69) is 24.3 Å². The van der Waals surface area contributed by atoms with E-state index in [0.717, 1.165) is 27.8 Å². The second-order valence-electron chi connectivity index (χ2n) is 11.2. The van der Waals surface area contributed by atoms with Gasteiger partial charge in [-0.2, -0.15) is 0 Å². The number of aliphatic hydroxyl groups is 1. The number of aliphatic imine (C=N–C) groups is 1. The molecule has 0 unspecified atom stereocenters. The van der Waals surface area contributed by atoms with Crippen molar-refractivity contribution in [2.45, 2.75) is 24.5 Å². The average Bonchev–Trinajstić information content (AvgIpc) is 3.50. The molecule has 7 nitrogen and oxygen atoms in total. The maximum Gasteiger partial charge on any atom is 0.255 e. The molecule has 7 heteroatoms. The largest absolute Gasteiger partial charge is 0.494 e. The first kappa shape index (κ1) is 30.3. The van der Waals surface area contributed by atoms with Crippen molar-refractivity contribution in [2.24, 2.45) is 4.99 Å². The summed E-state index contributed by atoms with van der Waals surface area (Å²) in [5.74, 6) is 1.05. The van der Waals surface area contributed by atoms with Gasteiger partial charge in [-0.1, -0.05) is 97.1 Å². The molecule has 2 atom stereocenters.